The van der Waals surface area contributed by atoms with Crippen LogP contribution in [0.2, 0.25) is 0 Å². The number of nitrogens with one attached hydrogen (secondary N) is 3. The van der Waals surface area contributed by atoms with Gasteiger partial charge in [0.25, 0.3) is 0 Å². The van der Waals surface area contributed by atoms with E-state index in [0.29, 0.717) is 6.42 Å². The average Bonchev–Trinajstić information content (AvgIpc) is 2.77. The Morgan fingerprint density at radius 1 is 1.23 bits per heavy atom. The van der Waals surface area contributed by atoms with Crippen molar-refractivity contribution in [2.24, 2.45) is 0 Å². The number of amides is 2. The Labute approximate surface area is 128 Å². The molecular formula is C14H19N3O4S. The van der Waals surface area contributed by atoms with Crippen molar-refractivity contribution >= 4 is 15.9 Å². The molecule has 22 heavy (non-hydrogen) atoms. The zero-order valence-corrected chi connectivity index (χ0v) is 12.9. The SMILES string of the molecule is O=C(N[C@H]1CCS(=O)(=O)C1)N[C@@H]1CCCc2[nH]c(=O)ccc21. The van der Waals surface area contributed by atoms with Gasteiger partial charge in [0.05, 0.1) is 17.5 Å². The number of aryl methyl sites for hydroxylation is 1. The van der Waals surface area contributed by atoms with Crippen LogP contribution in [0, 0.1) is 0 Å². The van der Waals surface area contributed by atoms with Gasteiger partial charge in [-0.1, -0.05) is 0 Å². The molecule has 1 aliphatic heterocycles. The number of aromatic nitrogens is 1. The molecule has 1 aromatic heterocycles. The van der Waals surface area contributed by atoms with Crippen LogP contribution < -0.4 is 16.2 Å². The van der Waals surface area contributed by atoms with E-state index in [0.717, 1.165) is 30.5 Å². The molecule has 120 valence electrons. The number of carbonyl (C=O) groups is 1. The second-order valence-corrected chi connectivity index (χ2v) is 8.15. The smallest absolute Gasteiger partial charge is 0.315 e. The maximum atomic E-state index is 12.1. The maximum Gasteiger partial charge on any atom is 0.315 e. The van der Waals surface area contributed by atoms with Crippen LogP contribution in [-0.2, 0) is 16.3 Å². The molecular weight excluding hydrogens is 306 g/mol. The molecule has 0 bridgehead atoms. The number of H-pyrrole nitrogens is 1. The van der Waals surface area contributed by atoms with Gasteiger partial charge in [0.15, 0.2) is 9.84 Å². The fourth-order valence-corrected chi connectivity index (χ4v) is 4.82. The Morgan fingerprint density at radius 2 is 2.05 bits per heavy atom. The van der Waals surface area contributed by atoms with Crippen LogP contribution in [0.15, 0.2) is 16.9 Å². The van der Waals surface area contributed by atoms with Crippen LogP contribution >= 0.6 is 0 Å². The number of fused-ring (bicyclic) bond motifs is 1. The minimum atomic E-state index is -3.01. The Bertz CT molecular complexity index is 741. The monoisotopic (exact) mass is 325 g/mol. The zero-order chi connectivity index (χ0) is 15.7. The normalized spacial score (nSPS) is 26.2. The van der Waals surface area contributed by atoms with E-state index in [1.165, 1.54) is 6.07 Å². The van der Waals surface area contributed by atoms with E-state index in [1.807, 2.05) is 0 Å². The van der Waals surface area contributed by atoms with Crippen LogP contribution in [0.3, 0.4) is 0 Å². The fraction of sp³-hybridized carbons (Fsp3) is 0.571. The second-order valence-electron chi connectivity index (χ2n) is 5.92. The predicted octanol–water partition coefficient (Wildman–Crippen LogP) is 0.239. The van der Waals surface area contributed by atoms with Crippen molar-refractivity contribution in [3.05, 3.63) is 33.7 Å². The van der Waals surface area contributed by atoms with Gasteiger partial charge in [0.2, 0.25) is 5.56 Å². The lowest BCUT2D eigenvalue weighted by atomic mass is 9.91. The van der Waals surface area contributed by atoms with Gasteiger partial charge in [0, 0.05) is 17.8 Å². The first-order valence-corrected chi connectivity index (χ1v) is 9.25. The third-order valence-electron chi connectivity index (χ3n) is 4.20. The van der Waals surface area contributed by atoms with Crippen LogP contribution in [0.4, 0.5) is 4.79 Å². The highest BCUT2D eigenvalue weighted by molar-refractivity contribution is 7.91. The van der Waals surface area contributed by atoms with Gasteiger partial charge < -0.3 is 15.6 Å². The molecule has 3 rings (SSSR count). The molecule has 0 aromatic carbocycles. The van der Waals surface area contributed by atoms with Crippen LogP contribution in [0.25, 0.3) is 0 Å². The highest BCUT2D eigenvalue weighted by Gasteiger charge is 2.30. The molecule has 2 atom stereocenters. The summed E-state index contributed by atoms with van der Waals surface area (Å²) in [7, 11) is -3.01. The number of carbonyl (C=O) groups excluding carboxylic acids is 1. The van der Waals surface area contributed by atoms with E-state index in [2.05, 4.69) is 15.6 Å². The van der Waals surface area contributed by atoms with Gasteiger partial charge in [0.1, 0.15) is 0 Å². The molecule has 3 N–H and O–H groups in total. The molecule has 7 nitrogen and oxygen atoms in total. The van der Waals surface area contributed by atoms with E-state index in [-0.39, 0.29) is 35.2 Å². The van der Waals surface area contributed by atoms with E-state index in [9.17, 15) is 18.0 Å². The molecule has 1 fully saturated rings. The fourth-order valence-electron chi connectivity index (χ4n) is 3.14. The molecule has 0 saturated carbocycles. The molecule has 1 aromatic rings. The summed E-state index contributed by atoms with van der Waals surface area (Å²) >= 11 is 0. The highest BCUT2D eigenvalue weighted by Crippen LogP contribution is 2.27. The second kappa shape index (κ2) is 5.75. The van der Waals surface area contributed by atoms with Crippen molar-refractivity contribution < 1.29 is 13.2 Å². The van der Waals surface area contributed by atoms with Gasteiger partial charge in [-0.3, -0.25) is 4.79 Å². The van der Waals surface area contributed by atoms with E-state index >= 15 is 0 Å². The Balaban J connectivity index is 1.65. The lowest BCUT2D eigenvalue weighted by Gasteiger charge is -2.26. The molecule has 2 amide bonds. The lowest BCUT2D eigenvalue weighted by Crippen LogP contribution is -2.44. The number of aromatic amines is 1. The van der Waals surface area contributed by atoms with Crippen molar-refractivity contribution in [3.8, 4) is 0 Å². The Hall–Kier alpha value is -1.83. The molecule has 8 heteroatoms. The maximum absolute atomic E-state index is 12.1. The summed E-state index contributed by atoms with van der Waals surface area (Å²) in [5, 5.41) is 5.60. The first kappa shape index (κ1) is 15.1. The standard InChI is InChI=1S/C14H19N3O4S/c18-13-5-4-10-11(16-13)2-1-3-12(10)17-14(19)15-9-6-7-22(20,21)8-9/h4-5,9,12H,1-3,6-8H2,(H,16,18)(H2,15,17,19)/t9-,12+/m0/s1. The summed E-state index contributed by atoms with van der Waals surface area (Å²) in [4.78, 5) is 26.2. The van der Waals surface area contributed by atoms with E-state index in [4.69, 9.17) is 0 Å². The van der Waals surface area contributed by atoms with Crippen molar-refractivity contribution in [2.45, 2.75) is 37.8 Å². The Kier molecular flexibility index (Phi) is 3.94. The van der Waals surface area contributed by atoms with Gasteiger partial charge in [-0.25, -0.2) is 13.2 Å². The van der Waals surface area contributed by atoms with Crippen LogP contribution in [-0.4, -0.2) is 37.0 Å². The summed E-state index contributed by atoms with van der Waals surface area (Å²) in [5.74, 6) is 0.139. The first-order chi connectivity index (χ1) is 10.4. The molecule has 0 unspecified atom stereocenters. The highest BCUT2D eigenvalue weighted by atomic mass is 32.2. The summed E-state index contributed by atoms with van der Waals surface area (Å²) in [6.07, 6.45) is 2.95. The van der Waals surface area contributed by atoms with Gasteiger partial charge in [-0.2, -0.15) is 0 Å². The van der Waals surface area contributed by atoms with Crippen LogP contribution in [0.1, 0.15) is 36.6 Å². The third kappa shape index (κ3) is 3.32. The van der Waals surface area contributed by atoms with Crippen molar-refractivity contribution in [3.63, 3.8) is 0 Å². The zero-order valence-electron chi connectivity index (χ0n) is 12.1. The topological polar surface area (TPSA) is 108 Å². The summed E-state index contributed by atoms with van der Waals surface area (Å²) < 4.78 is 22.8. The number of sulfone groups is 1. The number of hydrogen-bond donors (Lipinski definition) is 3. The quantitative estimate of drug-likeness (QED) is 0.723. The number of pyridine rings is 1. The van der Waals surface area contributed by atoms with Gasteiger partial charge >= 0.3 is 6.03 Å². The average molecular weight is 325 g/mol. The minimum Gasteiger partial charge on any atom is -0.334 e. The van der Waals surface area contributed by atoms with Crippen LogP contribution in [0.5, 0.6) is 0 Å². The first-order valence-electron chi connectivity index (χ1n) is 7.42. The number of urea groups is 1. The molecule has 1 saturated heterocycles. The van der Waals surface area contributed by atoms with Crippen molar-refractivity contribution in [1.29, 1.82) is 0 Å². The molecule has 1 aliphatic carbocycles. The molecule has 0 spiro atoms. The third-order valence-corrected chi connectivity index (χ3v) is 5.97. The molecule has 0 radical (unpaired) electrons. The lowest BCUT2D eigenvalue weighted by molar-refractivity contribution is 0.232. The van der Waals surface area contributed by atoms with E-state index in [1.54, 1.807) is 6.07 Å². The van der Waals surface area contributed by atoms with Crippen molar-refractivity contribution in [1.82, 2.24) is 15.6 Å². The summed E-state index contributed by atoms with van der Waals surface area (Å²) in [6, 6.07) is 2.38. The molecule has 2 aliphatic rings. The van der Waals surface area contributed by atoms with Crippen molar-refractivity contribution in [2.75, 3.05) is 11.5 Å². The van der Waals surface area contributed by atoms with E-state index < -0.39 is 9.84 Å². The summed E-state index contributed by atoms with van der Waals surface area (Å²) in [6.45, 7) is 0. The number of rotatable bonds is 2. The largest absolute Gasteiger partial charge is 0.334 e. The minimum absolute atomic E-state index is 0.00892. The van der Waals surface area contributed by atoms with Gasteiger partial charge in [-0.05, 0) is 37.3 Å². The Morgan fingerprint density at radius 3 is 2.77 bits per heavy atom. The number of hydrogen-bond acceptors (Lipinski definition) is 4. The predicted molar refractivity (Wildman–Crippen MR) is 81.5 cm³/mol. The molecule has 2 heterocycles. The summed E-state index contributed by atoms with van der Waals surface area (Å²) in [5.41, 5.74) is 1.66. The van der Waals surface area contributed by atoms with Gasteiger partial charge in [-0.15, -0.1) is 0 Å².